The van der Waals surface area contributed by atoms with Gasteiger partial charge in [0.05, 0.1) is 11.4 Å². The van der Waals surface area contributed by atoms with Crippen molar-refractivity contribution < 1.29 is 18.0 Å². The average molecular weight is 223 g/mol. The largest absolute Gasteiger partial charge is 0.416 e. The molecule has 0 bridgehead atoms. The number of hydrogen-bond donors (Lipinski definition) is 0. The van der Waals surface area contributed by atoms with Gasteiger partial charge in [-0.1, -0.05) is 12.1 Å². The summed E-state index contributed by atoms with van der Waals surface area (Å²) in [6, 6.07) is 3.96. The van der Waals surface area contributed by atoms with Crippen molar-refractivity contribution in [2.24, 2.45) is 0 Å². The minimum Gasteiger partial charge on any atom is -0.293 e. The summed E-state index contributed by atoms with van der Waals surface area (Å²) in [5, 5.41) is 0. The van der Waals surface area contributed by atoms with Crippen molar-refractivity contribution in [1.29, 1.82) is 0 Å². The van der Waals surface area contributed by atoms with Crippen LogP contribution < -0.4 is 0 Å². The Balaban J connectivity index is 2.95. The summed E-state index contributed by atoms with van der Waals surface area (Å²) < 4.78 is 36.3. The molecule has 0 aliphatic heterocycles. The van der Waals surface area contributed by atoms with Crippen LogP contribution in [0.4, 0.5) is 13.2 Å². The Morgan fingerprint density at radius 1 is 1.21 bits per heavy atom. The first-order chi connectivity index (χ1) is 6.45. The Morgan fingerprint density at radius 3 is 2.07 bits per heavy atom. The van der Waals surface area contributed by atoms with Crippen LogP contribution in [0.25, 0.3) is 0 Å². The molecule has 0 saturated carbocycles. The minimum atomic E-state index is -4.37. The van der Waals surface area contributed by atoms with E-state index in [0.717, 1.165) is 24.3 Å². The number of rotatable bonds is 2. The van der Waals surface area contributed by atoms with Crippen LogP contribution in [0.15, 0.2) is 24.3 Å². The highest BCUT2D eigenvalue weighted by atomic mass is 35.5. The zero-order valence-electron chi connectivity index (χ0n) is 6.94. The molecule has 0 heterocycles. The molecule has 5 heteroatoms. The summed E-state index contributed by atoms with van der Waals surface area (Å²) in [4.78, 5) is 11.0. The lowest BCUT2D eigenvalue weighted by atomic mass is 10.1. The Kier molecular flexibility index (Phi) is 3.16. The molecule has 0 aliphatic carbocycles. The van der Waals surface area contributed by atoms with Crippen LogP contribution in [0.3, 0.4) is 0 Å². The third kappa shape index (κ3) is 2.48. The number of halogens is 4. The van der Waals surface area contributed by atoms with Crippen molar-refractivity contribution in [3.05, 3.63) is 35.4 Å². The zero-order valence-corrected chi connectivity index (χ0v) is 7.69. The molecule has 0 fully saturated rings. The van der Waals surface area contributed by atoms with Crippen molar-refractivity contribution in [3.8, 4) is 0 Å². The van der Waals surface area contributed by atoms with Gasteiger partial charge >= 0.3 is 6.18 Å². The number of hydrogen-bond acceptors (Lipinski definition) is 1. The highest BCUT2D eigenvalue weighted by Gasteiger charge is 2.30. The smallest absolute Gasteiger partial charge is 0.293 e. The lowest BCUT2D eigenvalue weighted by Crippen LogP contribution is -2.06. The predicted octanol–water partition coefficient (Wildman–Crippen LogP) is 3.13. The van der Waals surface area contributed by atoms with Gasteiger partial charge < -0.3 is 0 Å². The lowest BCUT2D eigenvalue weighted by molar-refractivity contribution is -0.137. The number of carbonyl (C=O) groups is 1. The molecule has 0 unspecified atom stereocenters. The third-order valence-electron chi connectivity index (χ3n) is 1.66. The van der Waals surface area contributed by atoms with E-state index in [0.29, 0.717) is 0 Å². The van der Waals surface area contributed by atoms with Crippen molar-refractivity contribution >= 4 is 17.4 Å². The van der Waals surface area contributed by atoms with Crippen LogP contribution in [0.2, 0.25) is 0 Å². The number of alkyl halides is 4. The molecule has 0 saturated heterocycles. The molecule has 76 valence electrons. The van der Waals surface area contributed by atoms with Gasteiger partial charge in [-0.25, -0.2) is 0 Å². The van der Waals surface area contributed by atoms with Crippen molar-refractivity contribution in [2.75, 3.05) is 5.88 Å². The summed E-state index contributed by atoms with van der Waals surface area (Å²) in [5.74, 6) is -0.619. The quantitative estimate of drug-likeness (QED) is 0.555. The zero-order chi connectivity index (χ0) is 10.8. The fraction of sp³-hybridized carbons (Fsp3) is 0.222. The second-order valence-corrected chi connectivity index (χ2v) is 2.90. The van der Waals surface area contributed by atoms with Gasteiger partial charge in [0.25, 0.3) is 0 Å². The molecule has 0 N–H and O–H groups in total. The van der Waals surface area contributed by atoms with Crippen molar-refractivity contribution in [3.63, 3.8) is 0 Å². The van der Waals surface area contributed by atoms with Crippen LogP contribution in [0.5, 0.6) is 0 Å². The van der Waals surface area contributed by atoms with Gasteiger partial charge in [-0.3, -0.25) is 4.79 Å². The van der Waals surface area contributed by atoms with Crippen molar-refractivity contribution in [1.82, 2.24) is 0 Å². The van der Waals surface area contributed by atoms with Gasteiger partial charge in [0.1, 0.15) is 0 Å². The molecular formula is C9H6ClF3O. The SMILES string of the molecule is O=C(CCl)c1ccc(C(F)(F)F)cc1. The fourth-order valence-corrected chi connectivity index (χ4v) is 1.08. The molecule has 0 spiro atoms. The van der Waals surface area contributed by atoms with Crippen LogP contribution in [-0.4, -0.2) is 11.7 Å². The Labute approximate surface area is 83.5 Å². The molecular weight excluding hydrogens is 217 g/mol. The predicted molar refractivity (Wildman–Crippen MR) is 46.5 cm³/mol. The van der Waals surface area contributed by atoms with Gasteiger partial charge in [-0.05, 0) is 12.1 Å². The van der Waals surface area contributed by atoms with Crippen LogP contribution in [0, 0.1) is 0 Å². The molecule has 0 atom stereocenters. The van der Waals surface area contributed by atoms with Crippen LogP contribution >= 0.6 is 11.6 Å². The molecule has 1 aromatic carbocycles. The second-order valence-electron chi connectivity index (χ2n) is 2.63. The molecule has 0 aromatic heterocycles. The van der Waals surface area contributed by atoms with Crippen LogP contribution in [-0.2, 0) is 6.18 Å². The highest BCUT2D eigenvalue weighted by molar-refractivity contribution is 6.30. The number of benzene rings is 1. The first kappa shape index (κ1) is 11.0. The van der Waals surface area contributed by atoms with E-state index in [1.807, 2.05) is 0 Å². The van der Waals surface area contributed by atoms with Gasteiger partial charge in [0.2, 0.25) is 0 Å². The van der Waals surface area contributed by atoms with E-state index in [1.54, 1.807) is 0 Å². The maximum absolute atomic E-state index is 12.1. The second kappa shape index (κ2) is 4.00. The third-order valence-corrected chi connectivity index (χ3v) is 1.90. The summed E-state index contributed by atoms with van der Waals surface area (Å²) in [7, 11) is 0. The highest BCUT2D eigenvalue weighted by Crippen LogP contribution is 2.29. The van der Waals surface area contributed by atoms with E-state index in [-0.39, 0.29) is 17.2 Å². The van der Waals surface area contributed by atoms with E-state index in [9.17, 15) is 18.0 Å². The summed E-state index contributed by atoms with van der Waals surface area (Å²) in [5.41, 5.74) is -0.586. The van der Waals surface area contributed by atoms with E-state index in [4.69, 9.17) is 11.6 Å². The van der Waals surface area contributed by atoms with E-state index in [2.05, 4.69) is 0 Å². The van der Waals surface area contributed by atoms with E-state index < -0.39 is 11.7 Å². The number of Topliss-reactive ketones (excluding diaryl/α,β-unsaturated/α-hetero) is 1. The summed E-state index contributed by atoms with van der Waals surface area (Å²) in [6.07, 6.45) is -4.37. The van der Waals surface area contributed by atoms with E-state index in [1.165, 1.54) is 0 Å². The van der Waals surface area contributed by atoms with Gasteiger partial charge in [0.15, 0.2) is 5.78 Å². The normalized spacial score (nSPS) is 11.4. The van der Waals surface area contributed by atoms with Crippen molar-refractivity contribution in [2.45, 2.75) is 6.18 Å². The molecule has 1 aromatic rings. The minimum absolute atomic E-state index is 0.188. The number of ketones is 1. The fourth-order valence-electron chi connectivity index (χ4n) is 0.922. The topological polar surface area (TPSA) is 17.1 Å². The number of carbonyl (C=O) groups excluding carboxylic acids is 1. The maximum Gasteiger partial charge on any atom is 0.416 e. The summed E-state index contributed by atoms with van der Waals surface area (Å²) >= 11 is 5.24. The molecule has 14 heavy (non-hydrogen) atoms. The standard InChI is InChI=1S/C9H6ClF3O/c10-5-8(14)6-1-3-7(4-2-6)9(11,12)13/h1-4H,5H2. The van der Waals surface area contributed by atoms with Gasteiger partial charge in [-0.2, -0.15) is 13.2 Å². The molecule has 0 aliphatic rings. The molecule has 0 amide bonds. The van der Waals surface area contributed by atoms with Gasteiger partial charge in [0, 0.05) is 5.56 Å². The van der Waals surface area contributed by atoms with E-state index >= 15 is 0 Å². The first-order valence-electron chi connectivity index (χ1n) is 3.71. The van der Waals surface area contributed by atoms with Gasteiger partial charge in [-0.15, -0.1) is 11.6 Å². The molecule has 1 nitrogen and oxygen atoms in total. The lowest BCUT2D eigenvalue weighted by Gasteiger charge is -2.06. The Bertz CT molecular complexity index is 329. The Hall–Kier alpha value is -1.03. The summed E-state index contributed by atoms with van der Waals surface area (Å²) in [6.45, 7) is 0. The Morgan fingerprint density at radius 2 is 1.71 bits per heavy atom. The molecule has 1 rings (SSSR count). The van der Waals surface area contributed by atoms with Crippen LogP contribution in [0.1, 0.15) is 15.9 Å². The average Bonchev–Trinajstić information content (AvgIpc) is 2.15. The first-order valence-corrected chi connectivity index (χ1v) is 4.25. The maximum atomic E-state index is 12.1. The molecule has 0 radical (unpaired) electrons. The monoisotopic (exact) mass is 222 g/mol.